The molecule has 2 unspecified atom stereocenters. The van der Waals surface area contributed by atoms with Crippen molar-refractivity contribution in [3.8, 4) is 0 Å². The number of para-hydroxylation sites is 1. The molecule has 2 heterocycles. The van der Waals surface area contributed by atoms with Gasteiger partial charge in [-0.25, -0.2) is 0 Å². The lowest BCUT2D eigenvalue weighted by molar-refractivity contribution is 0.192. The minimum absolute atomic E-state index is 0.323. The van der Waals surface area contributed by atoms with Crippen molar-refractivity contribution in [2.24, 2.45) is 5.92 Å². The summed E-state index contributed by atoms with van der Waals surface area (Å²) in [5.41, 5.74) is 2.67. The highest BCUT2D eigenvalue weighted by Gasteiger charge is 2.31. The number of aromatic nitrogens is 1. The lowest BCUT2D eigenvalue weighted by Gasteiger charge is -2.27. The zero-order valence-electron chi connectivity index (χ0n) is 13.6. The van der Waals surface area contributed by atoms with Gasteiger partial charge in [0.15, 0.2) is 0 Å². The molecular weight excluding hydrogens is 272 g/mol. The summed E-state index contributed by atoms with van der Waals surface area (Å²) in [4.78, 5) is 6.04. The molecule has 0 radical (unpaired) electrons. The Morgan fingerprint density at radius 3 is 3.00 bits per heavy atom. The van der Waals surface area contributed by atoms with E-state index in [9.17, 15) is 0 Å². The molecule has 2 aromatic rings. The fourth-order valence-corrected chi connectivity index (χ4v) is 4.06. The second-order valence-electron chi connectivity index (χ2n) is 6.54. The Bertz CT molecular complexity index is 592. The molecule has 1 aromatic carbocycles. The molecule has 3 nitrogen and oxygen atoms in total. The lowest BCUT2D eigenvalue weighted by atomic mass is 9.94. The average molecular weight is 300 g/mol. The van der Waals surface area contributed by atoms with Gasteiger partial charge in [0, 0.05) is 36.3 Å². The Kier molecular flexibility index (Phi) is 5.16. The molecule has 120 valence electrons. The molecule has 22 heavy (non-hydrogen) atoms. The first-order chi connectivity index (χ1) is 10.8. The fourth-order valence-electron chi connectivity index (χ4n) is 4.06. The zero-order valence-corrected chi connectivity index (χ0v) is 13.6. The topological polar surface area (TPSA) is 39.3 Å². The highest BCUT2D eigenvalue weighted by molar-refractivity contribution is 5.83. The minimum atomic E-state index is 0.323. The first-order valence-electron chi connectivity index (χ1n) is 8.73. The summed E-state index contributed by atoms with van der Waals surface area (Å²) in [7, 11) is 0. The van der Waals surface area contributed by atoms with E-state index in [2.05, 4.69) is 47.3 Å². The van der Waals surface area contributed by atoms with Crippen LogP contribution in [0.15, 0.2) is 30.5 Å². The molecule has 0 amide bonds. The van der Waals surface area contributed by atoms with Crippen LogP contribution in [-0.2, 0) is 6.42 Å². The third kappa shape index (κ3) is 3.21. The molecule has 0 aliphatic carbocycles. The number of likely N-dealkylation sites (tertiary alicyclic amines) is 1. The standard InChI is InChI=1S/C19H28N2O/c1-2-15-9-11-21(19(15)8-5-13-22)12-10-16-14-20-18-7-4-3-6-17(16)18/h3-4,6-7,14-15,19-20,22H,2,5,8-13H2,1H3. The molecule has 2 atom stereocenters. The Morgan fingerprint density at radius 1 is 1.32 bits per heavy atom. The second-order valence-corrected chi connectivity index (χ2v) is 6.54. The van der Waals surface area contributed by atoms with Crippen LogP contribution in [0.1, 0.15) is 38.2 Å². The van der Waals surface area contributed by atoms with Gasteiger partial charge >= 0.3 is 0 Å². The van der Waals surface area contributed by atoms with Crippen molar-refractivity contribution in [2.45, 2.75) is 45.1 Å². The number of H-pyrrole nitrogens is 1. The van der Waals surface area contributed by atoms with E-state index in [4.69, 9.17) is 5.11 Å². The van der Waals surface area contributed by atoms with Gasteiger partial charge in [0.2, 0.25) is 0 Å². The number of rotatable bonds is 7. The second kappa shape index (κ2) is 7.30. The van der Waals surface area contributed by atoms with Crippen LogP contribution in [0, 0.1) is 5.92 Å². The Morgan fingerprint density at radius 2 is 2.18 bits per heavy atom. The largest absolute Gasteiger partial charge is 0.396 e. The number of aromatic amines is 1. The number of nitrogens with one attached hydrogen (secondary N) is 1. The van der Waals surface area contributed by atoms with Gasteiger partial charge in [0.1, 0.15) is 0 Å². The quantitative estimate of drug-likeness (QED) is 0.820. The molecule has 1 aliphatic heterocycles. The van der Waals surface area contributed by atoms with Crippen molar-refractivity contribution in [2.75, 3.05) is 19.7 Å². The Hall–Kier alpha value is -1.32. The average Bonchev–Trinajstić information content (AvgIpc) is 3.14. The van der Waals surface area contributed by atoms with Gasteiger partial charge in [-0.3, -0.25) is 4.90 Å². The molecule has 1 aromatic heterocycles. The SMILES string of the molecule is CCC1CCN(CCc2c[nH]c3ccccc23)C1CCCO. The van der Waals surface area contributed by atoms with Crippen LogP contribution in [-0.4, -0.2) is 40.7 Å². The molecule has 3 rings (SSSR count). The van der Waals surface area contributed by atoms with Gasteiger partial charge in [0.25, 0.3) is 0 Å². The van der Waals surface area contributed by atoms with E-state index in [1.54, 1.807) is 0 Å². The predicted octanol–water partition coefficient (Wildman–Crippen LogP) is 3.58. The van der Waals surface area contributed by atoms with Crippen molar-refractivity contribution in [3.63, 3.8) is 0 Å². The van der Waals surface area contributed by atoms with Gasteiger partial charge in [-0.05, 0) is 49.8 Å². The van der Waals surface area contributed by atoms with Crippen molar-refractivity contribution < 1.29 is 5.11 Å². The minimum Gasteiger partial charge on any atom is -0.396 e. The van der Waals surface area contributed by atoms with Crippen LogP contribution in [0.4, 0.5) is 0 Å². The van der Waals surface area contributed by atoms with Crippen molar-refractivity contribution >= 4 is 10.9 Å². The van der Waals surface area contributed by atoms with Gasteiger partial charge in [-0.15, -0.1) is 0 Å². The molecular formula is C19H28N2O. The third-order valence-electron chi connectivity index (χ3n) is 5.33. The van der Waals surface area contributed by atoms with Crippen LogP contribution < -0.4 is 0 Å². The van der Waals surface area contributed by atoms with Crippen LogP contribution >= 0.6 is 0 Å². The predicted molar refractivity (Wildman–Crippen MR) is 92.1 cm³/mol. The normalized spacial score (nSPS) is 22.6. The first-order valence-corrected chi connectivity index (χ1v) is 8.73. The molecule has 1 aliphatic rings. The molecule has 2 N–H and O–H groups in total. The molecule has 0 bridgehead atoms. The molecule has 3 heteroatoms. The number of hydrogen-bond acceptors (Lipinski definition) is 2. The Labute approximate surface area is 133 Å². The summed E-state index contributed by atoms with van der Waals surface area (Å²) in [6.07, 6.45) is 7.94. The summed E-state index contributed by atoms with van der Waals surface area (Å²) in [6, 6.07) is 9.23. The monoisotopic (exact) mass is 300 g/mol. The molecule has 0 saturated carbocycles. The number of benzene rings is 1. The van der Waals surface area contributed by atoms with E-state index in [1.807, 2.05) is 0 Å². The highest BCUT2D eigenvalue weighted by Crippen LogP contribution is 2.30. The van der Waals surface area contributed by atoms with Crippen LogP contribution in [0.25, 0.3) is 10.9 Å². The number of aliphatic hydroxyl groups excluding tert-OH is 1. The van der Waals surface area contributed by atoms with Gasteiger partial charge in [-0.1, -0.05) is 31.5 Å². The fraction of sp³-hybridized carbons (Fsp3) is 0.579. The van der Waals surface area contributed by atoms with Crippen LogP contribution in [0.3, 0.4) is 0 Å². The van der Waals surface area contributed by atoms with E-state index in [0.717, 1.165) is 31.7 Å². The summed E-state index contributed by atoms with van der Waals surface area (Å²) in [5, 5.41) is 10.5. The van der Waals surface area contributed by atoms with Crippen molar-refractivity contribution in [1.29, 1.82) is 0 Å². The van der Waals surface area contributed by atoms with Gasteiger partial charge in [-0.2, -0.15) is 0 Å². The molecule has 1 saturated heterocycles. The lowest BCUT2D eigenvalue weighted by Crippen LogP contribution is -2.34. The third-order valence-corrected chi connectivity index (χ3v) is 5.33. The van der Waals surface area contributed by atoms with Crippen molar-refractivity contribution in [3.05, 3.63) is 36.0 Å². The van der Waals surface area contributed by atoms with Crippen LogP contribution in [0.5, 0.6) is 0 Å². The van der Waals surface area contributed by atoms with Gasteiger partial charge in [0.05, 0.1) is 0 Å². The molecule has 1 fully saturated rings. The van der Waals surface area contributed by atoms with E-state index in [-0.39, 0.29) is 0 Å². The van der Waals surface area contributed by atoms with E-state index in [0.29, 0.717) is 12.6 Å². The number of nitrogens with zero attached hydrogens (tertiary/aromatic N) is 1. The number of aliphatic hydroxyl groups is 1. The van der Waals surface area contributed by atoms with Crippen molar-refractivity contribution in [1.82, 2.24) is 9.88 Å². The van der Waals surface area contributed by atoms with Gasteiger partial charge < -0.3 is 10.1 Å². The molecule has 0 spiro atoms. The summed E-state index contributed by atoms with van der Waals surface area (Å²) in [6.45, 7) is 4.98. The maximum absolute atomic E-state index is 9.15. The number of fused-ring (bicyclic) bond motifs is 1. The van der Waals surface area contributed by atoms with E-state index >= 15 is 0 Å². The summed E-state index contributed by atoms with van der Waals surface area (Å²) < 4.78 is 0. The summed E-state index contributed by atoms with van der Waals surface area (Å²) in [5.74, 6) is 0.814. The zero-order chi connectivity index (χ0) is 15.4. The van der Waals surface area contributed by atoms with E-state index in [1.165, 1.54) is 35.9 Å². The highest BCUT2D eigenvalue weighted by atomic mass is 16.2. The maximum Gasteiger partial charge on any atom is 0.0456 e. The Balaban J connectivity index is 1.64. The summed E-state index contributed by atoms with van der Waals surface area (Å²) >= 11 is 0. The van der Waals surface area contributed by atoms with Crippen LogP contribution in [0.2, 0.25) is 0 Å². The smallest absolute Gasteiger partial charge is 0.0456 e. The first kappa shape index (κ1) is 15.6. The van der Waals surface area contributed by atoms with E-state index < -0.39 is 0 Å². The number of hydrogen-bond donors (Lipinski definition) is 2. The maximum atomic E-state index is 9.15.